The van der Waals surface area contributed by atoms with Crippen LogP contribution in [0.3, 0.4) is 0 Å². The predicted molar refractivity (Wildman–Crippen MR) is 152 cm³/mol. The first-order valence-corrected chi connectivity index (χ1v) is 14.1. The van der Waals surface area contributed by atoms with Gasteiger partial charge in [-0.2, -0.15) is 0 Å². The number of fused-ring (bicyclic) bond motifs is 1. The number of hydrogen-bond acceptors (Lipinski definition) is 8. The minimum Gasteiger partial charge on any atom is -0.506 e. The SMILES string of the molecule is CCCCc1nc(O)c(C(=O)N2CCC(c3nc4ccccc4s3)CC2)c(O)c1-c1c(OC)cccc1OC. The fraction of sp³-hybridized carbons (Fsp3) is 0.367. The number of benzene rings is 2. The molecule has 1 fully saturated rings. The number of amides is 1. The van der Waals surface area contributed by atoms with Crippen molar-refractivity contribution in [3.05, 3.63) is 58.7 Å². The molecule has 0 atom stereocenters. The molecule has 1 aliphatic rings. The van der Waals surface area contributed by atoms with Gasteiger partial charge in [0.25, 0.3) is 5.91 Å². The topological polar surface area (TPSA) is 105 Å². The Labute approximate surface area is 231 Å². The maximum Gasteiger partial charge on any atom is 0.263 e. The molecule has 2 aromatic carbocycles. The van der Waals surface area contributed by atoms with Gasteiger partial charge in [0.15, 0.2) is 0 Å². The van der Waals surface area contributed by atoms with E-state index in [4.69, 9.17) is 14.5 Å². The molecule has 2 aromatic heterocycles. The number of nitrogens with zero attached hydrogens (tertiary/aromatic N) is 3. The number of pyridine rings is 1. The van der Waals surface area contributed by atoms with Gasteiger partial charge in [-0.25, -0.2) is 9.97 Å². The highest BCUT2D eigenvalue weighted by atomic mass is 32.1. The zero-order valence-electron chi connectivity index (χ0n) is 22.4. The van der Waals surface area contributed by atoms with Gasteiger partial charge in [-0.05, 0) is 49.9 Å². The van der Waals surface area contributed by atoms with E-state index in [9.17, 15) is 15.0 Å². The van der Waals surface area contributed by atoms with Crippen LogP contribution in [0.1, 0.15) is 59.6 Å². The summed E-state index contributed by atoms with van der Waals surface area (Å²) in [4.78, 5) is 24.6. The van der Waals surface area contributed by atoms with Gasteiger partial charge in [0.2, 0.25) is 5.88 Å². The Kier molecular flexibility index (Phi) is 7.88. The molecule has 39 heavy (non-hydrogen) atoms. The van der Waals surface area contributed by atoms with E-state index < -0.39 is 11.8 Å². The number of aryl methyl sites for hydroxylation is 1. The summed E-state index contributed by atoms with van der Waals surface area (Å²) in [5.74, 6) is -0.00640. The van der Waals surface area contributed by atoms with E-state index in [-0.39, 0.29) is 17.2 Å². The van der Waals surface area contributed by atoms with Crippen LogP contribution in [-0.2, 0) is 6.42 Å². The Morgan fingerprint density at radius 3 is 2.33 bits per heavy atom. The van der Waals surface area contributed by atoms with Crippen molar-refractivity contribution >= 4 is 27.5 Å². The van der Waals surface area contributed by atoms with Crippen LogP contribution in [0.15, 0.2) is 42.5 Å². The summed E-state index contributed by atoms with van der Waals surface area (Å²) in [5.41, 5.74) is 2.14. The summed E-state index contributed by atoms with van der Waals surface area (Å²) in [7, 11) is 3.08. The Morgan fingerprint density at radius 2 is 1.69 bits per heavy atom. The van der Waals surface area contributed by atoms with E-state index in [1.165, 1.54) is 14.2 Å². The zero-order chi connectivity index (χ0) is 27.5. The summed E-state index contributed by atoms with van der Waals surface area (Å²) < 4.78 is 12.4. The van der Waals surface area contributed by atoms with E-state index in [0.717, 1.165) is 40.9 Å². The van der Waals surface area contributed by atoms with Crippen LogP contribution in [0.25, 0.3) is 21.3 Å². The Morgan fingerprint density at radius 1 is 1.00 bits per heavy atom. The van der Waals surface area contributed by atoms with Crippen molar-refractivity contribution in [1.29, 1.82) is 0 Å². The average molecular weight is 548 g/mol. The van der Waals surface area contributed by atoms with E-state index in [0.29, 0.717) is 47.8 Å². The number of unbranched alkanes of at least 4 members (excludes halogenated alkanes) is 1. The predicted octanol–water partition coefficient (Wildman–Crippen LogP) is 6.15. The van der Waals surface area contributed by atoms with Gasteiger partial charge in [-0.3, -0.25) is 4.79 Å². The molecule has 9 heteroatoms. The number of carbonyl (C=O) groups is 1. The summed E-state index contributed by atoms with van der Waals surface area (Å²) >= 11 is 1.70. The molecule has 0 spiro atoms. The van der Waals surface area contributed by atoms with Crippen molar-refractivity contribution in [2.75, 3.05) is 27.3 Å². The number of methoxy groups -OCH3 is 2. The van der Waals surface area contributed by atoms with Crippen molar-refractivity contribution in [3.63, 3.8) is 0 Å². The largest absolute Gasteiger partial charge is 0.506 e. The highest BCUT2D eigenvalue weighted by molar-refractivity contribution is 7.18. The molecule has 1 aliphatic heterocycles. The molecule has 2 N–H and O–H groups in total. The highest BCUT2D eigenvalue weighted by Gasteiger charge is 2.33. The Hall–Kier alpha value is -3.85. The number of piperidine rings is 1. The number of aromatic hydroxyl groups is 2. The standard InChI is InChI=1S/C30H33N3O5S/c1-4-5-9-20-24(25-21(37-2)11-8-12-22(25)38-3)27(34)26(28(35)31-20)30(36)33-16-14-18(15-17-33)29-32-19-10-6-7-13-23(19)39-29/h6-8,10-13,18H,4-5,9,14-17H2,1-3H3,(H2,31,34,35). The maximum absolute atomic E-state index is 13.7. The van der Waals surface area contributed by atoms with E-state index in [2.05, 4.69) is 18.0 Å². The zero-order valence-corrected chi connectivity index (χ0v) is 23.3. The number of thiazole rings is 1. The molecule has 0 bridgehead atoms. The number of likely N-dealkylation sites (tertiary alicyclic amines) is 1. The van der Waals surface area contributed by atoms with Crippen LogP contribution < -0.4 is 9.47 Å². The van der Waals surface area contributed by atoms with Gasteiger partial charge in [0, 0.05) is 19.0 Å². The lowest BCUT2D eigenvalue weighted by molar-refractivity contribution is 0.0706. The van der Waals surface area contributed by atoms with E-state index in [1.807, 2.05) is 18.2 Å². The number of ether oxygens (including phenoxy) is 2. The molecular weight excluding hydrogens is 514 g/mol. The molecule has 0 radical (unpaired) electrons. The fourth-order valence-electron chi connectivity index (χ4n) is 5.24. The lowest BCUT2D eigenvalue weighted by Gasteiger charge is -2.31. The van der Waals surface area contributed by atoms with Gasteiger partial charge < -0.3 is 24.6 Å². The molecule has 0 saturated carbocycles. The number of aromatic nitrogens is 2. The summed E-state index contributed by atoms with van der Waals surface area (Å²) in [5, 5.41) is 23.6. The Balaban J connectivity index is 1.48. The molecule has 1 saturated heterocycles. The normalized spacial score (nSPS) is 14.1. The van der Waals surface area contributed by atoms with Gasteiger partial charge in [0.05, 0.1) is 46.3 Å². The smallest absolute Gasteiger partial charge is 0.263 e. The number of hydrogen-bond donors (Lipinski definition) is 2. The van der Waals surface area contributed by atoms with Crippen LogP contribution in [0.2, 0.25) is 0 Å². The van der Waals surface area contributed by atoms with Gasteiger partial charge >= 0.3 is 0 Å². The van der Waals surface area contributed by atoms with Crippen LogP contribution in [-0.4, -0.2) is 58.3 Å². The molecule has 0 unspecified atom stereocenters. The van der Waals surface area contributed by atoms with Crippen LogP contribution in [0, 0.1) is 0 Å². The van der Waals surface area contributed by atoms with E-state index >= 15 is 0 Å². The second-order valence-corrected chi connectivity index (χ2v) is 10.8. The van der Waals surface area contributed by atoms with E-state index in [1.54, 1.807) is 34.4 Å². The summed E-state index contributed by atoms with van der Waals surface area (Å²) in [6.45, 7) is 3.03. The fourth-order valence-corrected chi connectivity index (χ4v) is 6.38. The number of rotatable bonds is 8. The first kappa shape index (κ1) is 26.7. The molecule has 4 aromatic rings. The quantitative estimate of drug-likeness (QED) is 0.273. The molecule has 0 aliphatic carbocycles. The lowest BCUT2D eigenvalue weighted by Crippen LogP contribution is -2.38. The molecule has 5 rings (SSSR count). The summed E-state index contributed by atoms with van der Waals surface area (Å²) in [6, 6.07) is 13.4. The molecule has 1 amide bonds. The van der Waals surface area contributed by atoms with Crippen LogP contribution >= 0.6 is 11.3 Å². The maximum atomic E-state index is 13.7. The average Bonchev–Trinajstić information content (AvgIpc) is 3.40. The minimum atomic E-state index is -0.463. The Bertz CT molecular complexity index is 1440. The lowest BCUT2D eigenvalue weighted by atomic mass is 9.94. The molecule has 3 heterocycles. The monoisotopic (exact) mass is 547 g/mol. The molecular formula is C30H33N3O5S. The minimum absolute atomic E-state index is 0.198. The van der Waals surface area contributed by atoms with Crippen LogP contribution in [0.5, 0.6) is 23.1 Å². The first-order chi connectivity index (χ1) is 19.0. The van der Waals surface area contributed by atoms with Crippen molar-refractivity contribution in [2.45, 2.75) is 44.9 Å². The third-order valence-corrected chi connectivity index (χ3v) is 8.53. The third-order valence-electron chi connectivity index (χ3n) is 7.33. The van der Waals surface area contributed by atoms with Crippen LogP contribution in [0.4, 0.5) is 0 Å². The number of para-hydroxylation sites is 1. The van der Waals surface area contributed by atoms with Crippen molar-refractivity contribution in [3.8, 4) is 34.3 Å². The second kappa shape index (κ2) is 11.5. The van der Waals surface area contributed by atoms with Gasteiger partial charge in [-0.1, -0.05) is 31.5 Å². The van der Waals surface area contributed by atoms with Crippen molar-refractivity contribution in [2.24, 2.45) is 0 Å². The highest BCUT2D eigenvalue weighted by Crippen LogP contribution is 2.47. The second-order valence-electron chi connectivity index (χ2n) is 9.71. The van der Waals surface area contributed by atoms with Crippen molar-refractivity contribution < 1.29 is 24.5 Å². The summed E-state index contributed by atoms with van der Waals surface area (Å²) in [6.07, 6.45) is 3.71. The van der Waals surface area contributed by atoms with Crippen molar-refractivity contribution in [1.82, 2.24) is 14.9 Å². The molecule has 8 nitrogen and oxygen atoms in total. The van der Waals surface area contributed by atoms with Gasteiger partial charge in [0.1, 0.15) is 22.8 Å². The number of carbonyl (C=O) groups excluding carboxylic acids is 1. The third kappa shape index (κ3) is 5.11. The van der Waals surface area contributed by atoms with Gasteiger partial charge in [-0.15, -0.1) is 11.3 Å². The first-order valence-electron chi connectivity index (χ1n) is 13.3. The molecule has 204 valence electrons.